The van der Waals surface area contributed by atoms with Crippen molar-refractivity contribution in [1.29, 1.82) is 0 Å². The Hall–Kier alpha value is -3.02. The van der Waals surface area contributed by atoms with E-state index in [0.717, 1.165) is 23.2 Å². The van der Waals surface area contributed by atoms with Gasteiger partial charge in [-0.2, -0.15) is 0 Å². The number of nitrogens with one attached hydrogen (secondary N) is 1. The molecule has 1 N–H and O–H groups in total. The van der Waals surface area contributed by atoms with E-state index in [1.807, 2.05) is 32.0 Å². The van der Waals surface area contributed by atoms with Gasteiger partial charge in [-0.1, -0.05) is 32.0 Å². The molecule has 0 heterocycles. The zero-order chi connectivity index (χ0) is 22.3. The van der Waals surface area contributed by atoms with Gasteiger partial charge in [-0.05, 0) is 55.5 Å². The van der Waals surface area contributed by atoms with E-state index >= 15 is 0 Å². The predicted octanol–water partition coefficient (Wildman–Crippen LogP) is 4.45. The van der Waals surface area contributed by atoms with Crippen LogP contribution in [0.3, 0.4) is 0 Å². The maximum absolute atomic E-state index is 12.8. The van der Waals surface area contributed by atoms with Crippen LogP contribution < -0.4 is 14.8 Å². The number of rotatable bonds is 9. The Balaban J connectivity index is 2.03. The molecule has 2 aromatic carbocycles. The fourth-order valence-electron chi connectivity index (χ4n) is 3.02. The first-order valence-electron chi connectivity index (χ1n) is 10.1. The van der Waals surface area contributed by atoms with Crippen LogP contribution in [0.2, 0.25) is 0 Å². The molecular weight excluding hydrogens is 380 g/mol. The van der Waals surface area contributed by atoms with Crippen molar-refractivity contribution in [3.63, 3.8) is 0 Å². The monoisotopic (exact) mass is 412 g/mol. The molecule has 2 amide bonds. The third-order valence-corrected chi connectivity index (χ3v) is 4.84. The average molecular weight is 413 g/mol. The summed E-state index contributed by atoms with van der Waals surface area (Å²) < 4.78 is 11.2. The number of nitrogens with zero attached hydrogens (tertiary/aromatic N) is 1. The molecule has 0 radical (unpaired) electrons. The Bertz CT molecular complexity index is 873. The average Bonchev–Trinajstić information content (AvgIpc) is 2.70. The van der Waals surface area contributed by atoms with Crippen LogP contribution >= 0.6 is 0 Å². The fourth-order valence-corrected chi connectivity index (χ4v) is 3.02. The van der Waals surface area contributed by atoms with Gasteiger partial charge in [0.15, 0.2) is 11.5 Å². The zero-order valence-electron chi connectivity index (χ0n) is 18.7. The number of ether oxygens (including phenoxy) is 2. The summed E-state index contributed by atoms with van der Waals surface area (Å²) in [5.41, 5.74) is 3.18. The van der Waals surface area contributed by atoms with Crippen LogP contribution in [0.15, 0.2) is 36.4 Å². The van der Waals surface area contributed by atoms with E-state index in [1.54, 1.807) is 32.4 Å². The summed E-state index contributed by atoms with van der Waals surface area (Å²) in [6, 6.07) is 10.9. The van der Waals surface area contributed by atoms with E-state index in [-0.39, 0.29) is 18.4 Å². The van der Waals surface area contributed by atoms with Gasteiger partial charge < -0.3 is 19.7 Å². The molecule has 30 heavy (non-hydrogen) atoms. The van der Waals surface area contributed by atoms with E-state index in [9.17, 15) is 9.59 Å². The largest absolute Gasteiger partial charge is 0.493 e. The molecule has 2 rings (SSSR count). The van der Waals surface area contributed by atoms with Crippen molar-refractivity contribution in [3.05, 3.63) is 53.1 Å². The molecule has 0 aliphatic heterocycles. The molecule has 0 bridgehead atoms. The van der Waals surface area contributed by atoms with Crippen molar-refractivity contribution in [2.24, 2.45) is 5.92 Å². The smallest absolute Gasteiger partial charge is 0.254 e. The number of methoxy groups -OCH3 is 1. The lowest BCUT2D eigenvalue weighted by molar-refractivity contribution is -0.116. The number of benzene rings is 2. The molecule has 6 heteroatoms. The first-order valence-corrected chi connectivity index (χ1v) is 10.1. The molecule has 162 valence electrons. The van der Waals surface area contributed by atoms with Crippen molar-refractivity contribution in [1.82, 2.24) is 4.90 Å². The molecule has 6 nitrogen and oxygen atoms in total. The van der Waals surface area contributed by atoms with Gasteiger partial charge in [0.05, 0.1) is 20.3 Å². The summed E-state index contributed by atoms with van der Waals surface area (Å²) in [5.74, 6) is 1.13. The van der Waals surface area contributed by atoms with Crippen molar-refractivity contribution in [2.45, 2.75) is 34.1 Å². The summed E-state index contributed by atoms with van der Waals surface area (Å²) in [6.07, 6.45) is 0.933. The highest BCUT2D eigenvalue weighted by atomic mass is 16.5. The van der Waals surface area contributed by atoms with Gasteiger partial charge in [0.1, 0.15) is 0 Å². The van der Waals surface area contributed by atoms with Crippen LogP contribution in [-0.2, 0) is 4.79 Å². The Kier molecular flexibility index (Phi) is 8.27. The summed E-state index contributed by atoms with van der Waals surface area (Å²) in [7, 11) is 3.15. The van der Waals surface area contributed by atoms with Crippen molar-refractivity contribution in [3.8, 4) is 11.5 Å². The lowest BCUT2D eigenvalue weighted by atomic mass is 10.1. The number of anilines is 1. The number of likely N-dealkylation sites (N-methyl/N-ethyl adjacent to an activating group) is 1. The normalized spacial score (nSPS) is 10.6. The third kappa shape index (κ3) is 6.24. The van der Waals surface area contributed by atoms with Gasteiger partial charge in [0.2, 0.25) is 5.91 Å². The van der Waals surface area contributed by atoms with Crippen molar-refractivity contribution < 1.29 is 19.1 Å². The minimum atomic E-state index is -0.265. The second-order valence-corrected chi connectivity index (χ2v) is 7.87. The first kappa shape index (κ1) is 23.3. The minimum absolute atomic E-state index is 0.0540. The van der Waals surface area contributed by atoms with Crippen molar-refractivity contribution in [2.75, 3.05) is 32.6 Å². The van der Waals surface area contributed by atoms with E-state index in [2.05, 4.69) is 19.2 Å². The van der Waals surface area contributed by atoms with Crippen LogP contribution in [0.5, 0.6) is 11.5 Å². The molecular formula is C24H32N2O4. The van der Waals surface area contributed by atoms with Crippen LogP contribution in [0, 0.1) is 19.8 Å². The number of carbonyl (C=O) groups is 2. The van der Waals surface area contributed by atoms with Crippen LogP contribution in [0.1, 0.15) is 41.8 Å². The first-order chi connectivity index (χ1) is 14.2. The maximum atomic E-state index is 12.8. The van der Waals surface area contributed by atoms with Gasteiger partial charge in [-0.3, -0.25) is 9.59 Å². The highest BCUT2D eigenvalue weighted by Crippen LogP contribution is 2.29. The predicted molar refractivity (Wildman–Crippen MR) is 119 cm³/mol. The number of aryl methyl sites for hydroxylation is 2. The Morgan fingerprint density at radius 2 is 1.73 bits per heavy atom. The quantitative estimate of drug-likeness (QED) is 0.661. The number of hydrogen-bond donors (Lipinski definition) is 1. The Labute approximate surface area is 179 Å². The third-order valence-electron chi connectivity index (χ3n) is 4.84. The molecule has 0 aromatic heterocycles. The molecule has 0 saturated heterocycles. The standard InChI is InChI=1S/C24H32N2O4/c1-16(2)12-13-30-20-11-10-19(14-21(20)29-6)24(28)26(5)15-22(27)25-23-17(3)8-7-9-18(23)4/h7-11,14,16H,12-13,15H2,1-6H3,(H,25,27). The molecule has 0 aliphatic carbocycles. The lowest BCUT2D eigenvalue weighted by Gasteiger charge is -2.19. The summed E-state index contributed by atoms with van der Waals surface area (Å²) in [6.45, 7) is 8.67. The minimum Gasteiger partial charge on any atom is -0.493 e. The summed E-state index contributed by atoms with van der Waals surface area (Å²) in [5, 5.41) is 2.90. The molecule has 0 saturated carbocycles. The Morgan fingerprint density at radius 3 is 2.33 bits per heavy atom. The maximum Gasteiger partial charge on any atom is 0.254 e. The number of para-hydroxylation sites is 1. The van der Waals surface area contributed by atoms with Crippen LogP contribution in [0.25, 0.3) is 0 Å². The van der Waals surface area contributed by atoms with E-state index in [0.29, 0.717) is 29.6 Å². The molecule has 2 aromatic rings. The van der Waals surface area contributed by atoms with Gasteiger partial charge >= 0.3 is 0 Å². The number of amides is 2. The fraction of sp³-hybridized carbons (Fsp3) is 0.417. The molecule has 0 unspecified atom stereocenters. The van der Waals surface area contributed by atoms with E-state index in [1.165, 1.54) is 4.90 Å². The topological polar surface area (TPSA) is 67.9 Å². The zero-order valence-corrected chi connectivity index (χ0v) is 18.7. The highest BCUT2D eigenvalue weighted by molar-refractivity contribution is 6.00. The van der Waals surface area contributed by atoms with Crippen LogP contribution in [0.4, 0.5) is 5.69 Å². The number of carbonyl (C=O) groups excluding carboxylic acids is 2. The van der Waals surface area contributed by atoms with Gasteiger partial charge in [0, 0.05) is 18.3 Å². The van der Waals surface area contributed by atoms with Gasteiger partial charge in [-0.25, -0.2) is 0 Å². The molecule has 0 spiro atoms. The van der Waals surface area contributed by atoms with E-state index < -0.39 is 0 Å². The lowest BCUT2D eigenvalue weighted by Crippen LogP contribution is -2.35. The number of hydrogen-bond acceptors (Lipinski definition) is 4. The molecule has 0 aliphatic rings. The van der Waals surface area contributed by atoms with Crippen LogP contribution in [-0.4, -0.2) is 44.0 Å². The second kappa shape index (κ2) is 10.7. The molecule has 0 atom stereocenters. The van der Waals surface area contributed by atoms with Gasteiger partial charge in [0.25, 0.3) is 5.91 Å². The highest BCUT2D eigenvalue weighted by Gasteiger charge is 2.18. The van der Waals surface area contributed by atoms with Gasteiger partial charge in [-0.15, -0.1) is 0 Å². The molecule has 0 fully saturated rings. The summed E-state index contributed by atoms with van der Waals surface area (Å²) in [4.78, 5) is 26.6. The second-order valence-electron chi connectivity index (χ2n) is 7.87. The summed E-state index contributed by atoms with van der Waals surface area (Å²) >= 11 is 0. The SMILES string of the molecule is COc1cc(C(=O)N(C)CC(=O)Nc2c(C)cccc2C)ccc1OCCC(C)C. The Morgan fingerprint density at radius 1 is 1.07 bits per heavy atom. The van der Waals surface area contributed by atoms with E-state index in [4.69, 9.17) is 9.47 Å². The van der Waals surface area contributed by atoms with Crippen molar-refractivity contribution >= 4 is 17.5 Å².